The molecule has 0 aliphatic carbocycles. The van der Waals surface area contributed by atoms with E-state index < -0.39 is 0 Å². The third kappa shape index (κ3) is 5.32. The van der Waals surface area contributed by atoms with Gasteiger partial charge in [-0.2, -0.15) is 5.10 Å². The molecule has 3 heterocycles. The summed E-state index contributed by atoms with van der Waals surface area (Å²) in [7, 11) is 0. The number of anilines is 1. The molecule has 1 aliphatic heterocycles. The highest BCUT2D eigenvalue weighted by molar-refractivity contribution is 7.99. The van der Waals surface area contributed by atoms with Crippen LogP contribution >= 0.6 is 11.8 Å². The predicted octanol–water partition coefficient (Wildman–Crippen LogP) is 3.43. The van der Waals surface area contributed by atoms with Crippen molar-refractivity contribution in [3.63, 3.8) is 0 Å². The van der Waals surface area contributed by atoms with Crippen molar-refractivity contribution in [2.45, 2.75) is 44.8 Å². The van der Waals surface area contributed by atoms with Crippen molar-refractivity contribution in [1.29, 1.82) is 0 Å². The van der Waals surface area contributed by atoms with Gasteiger partial charge in [-0.25, -0.2) is 14.6 Å². The van der Waals surface area contributed by atoms with Gasteiger partial charge in [-0.15, -0.1) is 0 Å². The first-order chi connectivity index (χ1) is 15.7. The highest BCUT2D eigenvalue weighted by Crippen LogP contribution is 2.29. The number of nitrogens with one attached hydrogen (secondary N) is 1. The van der Waals surface area contributed by atoms with Crippen molar-refractivity contribution in [3.8, 4) is 5.75 Å². The first-order valence-electron chi connectivity index (χ1n) is 11.2. The van der Waals surface area contributed by atoms with E-state index in [0.29, 0.717) is 13.1 Å². The Morgan fingerprint density at radius 3 is 2.78 bits per heavy atom. The number of para-hydroxylation sites is 1. The van der Waals surface area contributed by atoms with Gasteiger partial charge in [0.25, 0.3) is 5.91 Å². The molecule has 2 aromatic heterocycles. The SMILES string of the molecule is CCSc1nc(N2CCCCC2)c2cnn(CCNC(=O)COc3ccccc3C)c2n1. The summed E-state index contributed by atoms with van der Waals surface area (Å²) >= 11 is 1.64. The van der Waals surface area contributed by atoms with Crippen molar-refractivity contribution in [3.05, 3.63) is 36.0 Å². The molecule has 0 unspecified atom stereocenters. The first-order valence-corrected chi connectivity index (χ1v) is 12.2. The Morgan fingerprint density at radius 2 is 2.00 bits per heavy atom. The van der Waals surface area contributed by atoms with Gasteiger partial charge in [0, 0.05) is 19.6 Å². The van der Waals surface area contributed by atoms with Crippen LogP contribution < -0.4 is 15.0 Å². The van der Waals surface area contributed by atoms with Gasteiger partial charge < -0.3 is 15.0 Å². The summed E-state index contributed by atoms with van der Waals surface area (Å²) in [6.45, 7) is 7.07. The number of rotatable bonds is 9. The second-order valence-electron chi connectivity index (χ2n) is 7.82. The Bertz CT molecular complexity index is 1060. The van der Waals surface area contributed by atoms with Crippen LogP contribution in [0.25, 0.3) is 11.0 Å². The molecule has 0 atom stereocenters. The van der Waals surface area contributed by atoms with E-state index in [-0.39, 0.29) is 12.5 Å². The summed E-state index contributed by atoms with van der Waals surface area (Å²) in [5.74, 6) is 2.46. The minimum Gasteiger partial charge on any atom is -0.484 e. The molecule has 9 heteroatoms. The molecule has 32 heavy (non-hydrogen) atoms. The van der Waals surface area contributed by atoms with E-state index in [9.17, 15) is 4.79 Å². The molecule has 0 radical (unpaired) electrons. The second kappa shape index (κ2) is 10.7. The van der Waals surface area contributed by atoms with Crippen molar-refractivity contribution in [2.24, 2.45) is 0 Å². The summed E-state index contributed by atoms with van der Waals surface area (Å²) in [6.07, 6.45) is 5.50. The molecule has 3 aromatic rings. The minimum absolute atomic E-state index is 0.0106. The van der Waals surface area contributed by atoms with Crippen molar-refractivity contribution in [1.82, 2.24) is 25.1 Å². The first kappa shape index (κ1) is 22.4. The van der Waals surface area contributed by atoms with Crippen LogP contribution in [-0.4, -0.2) is 57.6 Å². The number of benzene rings is 1. The van der Waals surface area contributed by atoms with Gasteiger partial charge in [0.05, 0.1) is 18.1 Å². The van der Waals surface area contributed by atoms with Gasteiger partial charge in [0.2, 0.25) is 0 Å². The molecular formula is C23H30N6O2S. The van der Waals surface area contributed by atoms with Crippen LogP contribution in [0.4, 0.5) is 5.82 Å². The lowest BCUT2D eigenvalue weighted by Gasteiger charge is -2.28. The zero-order valence-corrected chi connectivity index (χ0v) is 19.5. The number of hydrogen-bond donors (Lipinski definition) is 1. The molecule has 0 spiro atoms. The van der Waals surface area contributed by atoms with Crippen LogP contribution in [0.2, 0.25) is 0 Å². The predicted molar refractivity (Wildman–Crippen MR) is 127 cm³/mol. The minimum atomic E-state index is -0.157. The van der Waals surface area contributed by atoms with Crippen LogP contribution in [0, 0.1) is 6.92 Å². The van der Waals surface area contributed by atoms with Gasteiger partial charge in [-0.3, -0.25) is 4.79 Å². The van der Waals surface area contributed by atoms with Crippen LogP contribution in [0.15, 0.2) is 35.6 Å². The van der Waals surface area contributed by atoms with E-state index in [1.54, 1.807) is 11.8 Å². The number of aromatic nitrogens is 4. The molecule has 8 nitrogen and oxygen atoms in total. The number of piperidine rings is 1. The summed E-state index contributed by atoms with van der Waals surface area (Å²) < 4.78 is 7.47. The molecule has 1 saturated heterocycles. The molecule has 170 valence electrons. The number of ether oxygens (including phenoxy) is 1. The van der Waals surface area contributed by atoms with Gasteiger partial charge in [-0.1, -0.05) is 36.9 Å². The fourth-order valence-electron chi connectivity index (χ4n) is 3.84. The van der Waals surface area contributed by atoms with E-state index in [1.807, 2.05) is 42.1 Å². The van der Waals surface area contributed by atoms with Crippen molar-refractivity contribution >= 4 is 34.5 Å². The van der Waals surface area contributed by atoms with Gasteiger partial charge in [0.1, 0.15) is 11.6 Å². The maximum absolute atomic E-state index is 12.2. The summed E-state index contributed by atoms with van der Waals surface area (Å²) in [4.78, 5) is 24.2. The highest BCUT2D eigenvalue weighted by atomic mass is 32.2. The molecule has 1 N–H and O–H groups in total. The number of nitrogens with zero attached hydrogens (tertiary/aromatic N) is 5. The molecule has 0 bridgehead atoms. The molecule has 1 aromatic carbocycles. The monoisotopic (exact) mass is 454 g/mol. The average Bonchev–Trinajstić information content (AvgIpc) is 3.22. The number of hydrogen-bond acceptors (Lipinski definition) is 7. The fraction of sp³-hybridized carbons (Fsp3) is 0.478. The Morgan fingerprint density at radius 1 is 1.19 bits per heavy atom. The normalized spacial score (nSPS) is 14.0. The summed E-state index contributed by atoms with van der Waals surface area (Å²) in [5, 5.41) is 9.21. The summed E-state index contributed by atoms with van der Waals surface area (Å²) in [6, 6.07) is 7.67. The van der Waals surface area contributed by atoms with Gasteiger partial charge >= 0.3 is 0 Å². The Labute approximate surface area is 192 Å². The maximum atomic E-state index is 12.2. The van der Waals surface area contributed by atoms with E-state index in [2.05, 4.69) is 22.2 Å². The third-order valence-electron chi connectivity index (χ3n) is 5.48. The Hall–Kier alpha value is -2.81. The maximum Gasteiger partial charge on any atom is 0.258 e. The average molecular weight is 455 g/mol. The van der Waals surface area contributed by atoms with Crippen LogP contribution in [0.3, 0.4) is 0 Å². The highest BCUT2D eigenvalue weighted by Gasteiger charge is 2.20. The van der Waals surface area contributed by atoms with E-state index in [4.69, 9.17) is 14.7 Å². The van der Waals surface area contributed by atoms with Crippen LogP contribution in [0.1, 0.15) is 31.7 Å². The lowest BCUT2D eigenvalue weighted by molar-refractivity contribution is -0.123. The standard InChI is InChI=1S/C23H30N6O2S/c1-3-32-23-26-21(28-12-7-4-8-13-28)18-15-25-29(22(18)27-23)14-11-24-20(30)16-31-19-10-6-5-9-17(19)2/h5-6,9-10,15H,3-4,7-8,11-14,16H2,1-2H3,(H,24,30). The number of fused-ring (bicyclic) bond motifs is 1. The number of thioether (sulfide) groups is 1. The van der Waals surface area contributed by atoms with Gasteiger partial charge in [-0.05, 0) is 43.6 Å². The largest absolute Gasteiger partial charge is 0.484 e. The fourth-order valence-corrected chi connectivity index (χ4v) is 4.40. The Balaban J connectivity index is 1.41. The number of carbonyl (C=O) groups excluding carboxylic acids is 1. The van der Waals surface area contributed by atoms with Crippen molar-refractivity contribution in [2.75, 3.05) is 36.9 Å². The lowest BCUT2D eigenvalue weighted by Crippen LogP contribution is -2.32. The number of amides is 1. The topological polar surface area (TPSA) is 85.2 Å². The molecular weight excluding hydrogens is 424 g/mol. The lowest BCUT2D eigenvalue weighted by atomic mass is 10.1. The second-order valence-corrected chi connectivity index (χ2v) is 9.05. The van der Waals surface area contributed by atoms with Crippen LogP contribution in [0.5, 0.6) is 5.75 Å². The smallest absolute Gasteiger partial charge is 0.258 e. The molecule has 0 saturated carbocycles. The molecule has 1 fully saturated rings. The van der Waals surface area contributed by atoms with E-state index in [0.717, 1.165) is 52.2 Å². The molecule has 4 rings (SSSR count). The zero-order chi connectivity index (χ0) is 22.3. The quantitative estimate of drug-likeness (QED) is 0.392. The summed E-state index contributed by atoms with van der Waals surface area (Å²) in [5.41, 5.74) is 1.83. The molecule has 1 aliphatic rings. The number of carbonyl (C=O) groups is 1. The van der Waals surface area contributed by atoms with E-state index in [1.165, 1.54) is 19.3 Å². The number of aryl methyl sites for hydroxylation is 1. The van der Waals surface area contributed by atoms with E-state index >= 15 is 0 Å². The van der Waals surface area contributed by atoms with Gasteiger partial charge in [0.15, 0.2) is 17.4 Å². The van der Waals surface area contributed by atoms with Crippen molar-refractivity contribution < 1.29 is 9.53 Å². The van der Waals surface area contributed by atoms with Crippen LogP contribution in [-0.2, 0) is 11.3 Å². The Kier molecular flexibility index (Phi) is 7.47. The molecule has 1 amide bonds. The zero-order valence-electron chi connectivity index (χ0n) is 18.7. The third-order valence-corrected chi connectivity index (χ3v) is 6.21.